The van der Waals surface area contributed by atoms with E-state index in [1.807, 2.05) is 73.7 Å². The quantitative estimate of drug-likeness (QED) is 0.287. The highest BCUT2D eigenvalue weighted by molar-refractivity contribution is 5.91. The number of carboxylic acids is 1. The Bertz CT molecular complexity index is 1430. The maximum Gasteiger partial charge on any atom is 0.411 e. The minimum atomic E-state index is -0.758. The van der Waals surface area contributed by atoms with Gasteiger partial charge in [-0.25, -0.2) is 4.79 Å². The molecule has 0 aliphatic heterocycles. The van der Waals surface area contributed by atoms with Crippen LogP contribution in [0.15, 0.2) is 77.3 Å². The minimum absolute atomic E-state index is 0.260. The average molecular weight is 497 g/mol. The van der Waals surface area contributed by atoms with Crippen LogP contribution < -0.4 is 5.32 Å². The predicted octanol–water partition coefficient (Wildman–Crippen LogP) is 6.53. The Morgan fingerprint density at radius 2 is 1.62 bits per heavy atom. The molecular formula is C30H28N2O5. The van der Waals surface area contributed by atoms with E-state index >= 15 is 0 Å². The summed E-state index contributed by atoms with van der Waals surface area (Å²) in [5, 5.41) is 16.3. The van der Waals surface area contributed by atoms with Gasteiger partial charge in [0.05, 0.1) is 12.0 Å². The molecule has 188 valence electrons. The number of benzene rings is 3. The Kier molecular flexibility index (Phi) is 6.53. The van der Waals surface area contributed by atoms with Crippen LogP contribution in [0.25, 0.3) is 22.5 Å². The first-order chi connectivity index (χ1) is 17.9. The summed E-state index contributed by atoms with van der Waals surface area (Å²) in [5.74, 6) is -0.307. The molecule has 0 spiro atoms. The number of aliphatic carboxylic acids is 1. The van der Waals surface area contributed by atoms with Crippen molar-refractivity contribution in [2.75, 3.05) is 11.9 Å². The lowest BCUT2D eigenvalue weighted by Crippen LogP contribution is -2.19. The Balaban J connectivity index is 1.24. The summed E-state index contributed by atoms with van der Waals surface area (Å²) in [5.41, 5.74) is 6.17. The van der Waals surface area contributed by atoms with E-state index in [1.165, 1.54) is 5.56 Å². The van der Waals surface area contributed by atoms with Crippen LogP contribution in [0.1, 0.15) is 35.2 Å². The molecule has 1 heterocycles. The number of carboxylic acid groups (broad SMARTS) is 1. The van der Waals surface area contributed by atoms with E-state index in [0.29, 0.717) is 36.4 Å². The van der Waals surface area contributed by atoms with Gasteiger partial charge in [-0.1, -0.05) is 83.5 Å². The smallest absolute Gasteiger partial charge is 0.411 e. The second-order valence-corrected chi connectivity index (χ2v) is 9.51. The third-order valence-electron chi connectivity index (χ3n) is 6.87. The molecule has 0 bridgehead atoms. The molecule has 1 aromatic heterocycles. The standard InChI is InChI=1S/C30H28N2O5/c1-19-4-3-5-21(18-19)14-17-36-29(35)31-26-20(2)32-37-27(26)24-8-6-22(7-9-24)23-10-12-25(13-11-23)30(15-16-30)28(33)34/h3-13,18H,14-17H2,1-2H3,(H,31,35)(H,33,34). The SMILES string of the molecule is Cc1cccc(CCOC(=O)Nc2c(C)noc2-c2ccc(-c3ccc(C4(C(=O)O)CC4)cc3)cc2)c1. The number of nitrogens with zero attached hydrogens (tertiary/aromatic N) is 1. The van der Waals surface area contributed by atoms with Gasteiger partial charge in [0, 0.05) is 12.0 Å². The summed E-state index contributed by atoms with van der Waals surface area (Å²) in [7, 11) is 0. The number of hydrogen-bond donors (Lipinski definition) is 2. The number of carbonyl (C=O) groups is 2. The van der Waals surface area contributed by atoms with Crippen molar-refractivity contribution in [3.05, 3.63) is 95.2 Å². The lowest BCUT2D eigenvalue weighted by molar-refractivity contribution is -0.140. The summed E-state index contributed by atoms with van der Waals surface area (Å²) in [4.78, 5) is 24.0. The van der Waals surface area contributed by atoms with Gasteiger partial charge in [0.1, 0.15) is 11.4 Å². The number of rotatable bonds is 8. The van der Waals surface area contributed by atoms with Crippen LogP contribution in [-0.2, 0) is 21.4 Å². The Morgan fingerprint density at radius 3 is 2.24 bits per heavy atom. The van der Waals surface area contributed by atoms with E-state index in [9.17, 15) is 14.7 Å². The van der Waals surface area contributed by atoms with Gasteiger partial charge >= 0.3 is 12.1 Å². The molecule has 7 nitrogen and oxygen atoms in total. The Morgan fingerprint density at radius 1 is 0.973 bits per heavy atom. The minimum Gasteiger partial charge on any atom is -0.481 e. The molecule has 7 heteroatoms. The van der Waals surface area contributed by atoms with Gasteiger partial charge in [0.25, 0.3) is 0 Å². The summed E-state index contributed by atoms with van der Waals surface area (Å²) in [6, 6.07) is 23.5. The van der Waals surface area contributed by atoms with E-state index in [1.54, 1.807) is 6.92 Å². The molecule has 0 unspecified atom stereocenters. The van der Waals surface area contributed by atoms with Crippen molar-refractivity contribution < 1.29 is 24.0 Å². The number of nitrogens with one attached hydrogen (secondary N) is 1. The summed E-state index contributed by atoms with van der Waals surface area (Å²) in [6.07, 6.45) is 1.43. The van der Waals surface area contributed by atoms with Gasteiger partial charge in [-0.05, 0) is 48.9 Å². The largest absolute Gasteiger partial charge is 0.481 e. The molecule has 37 heavy (non-hydrogen) atoms. The molecule has 1 saturated carbocycles. The van der Waals surface area contributed by atoms with Crippen molar-refractivity contribution in [3.8, 4) is 22.5 Å². The summed E-state index contributed by atoms with van der Waals surface area (Å²) >= 11 is 0. The van der Waals surface area contributed by atoms with Crippen LogP contribution in [0.5, 0.6) is 0 Å². The molecule has 1 fully saturated rings. The molecule has 0 radical (unpaired) electrons. The normalized spacial score (nSPS) is 13.7. The number of aryl methyl sites for hydroxylation is 2. The fourth-order valence-corrected chi connectivity index (χ4v) is 4.53. The predicted molar refractivity (Wildman–Crippen MR) is 141 cm³/mol. The molecule has 1 aliphatic rings. The van der Waals surface area contributed by atoms with E-state index in [0.717, 1.165) is 27.8 Å². The topological polar surface area (TPSA) is 102 Å². The monoisotopic (exact) mass is 496 g/mol. The molecule has 0 saturated heterocycles. The number of amides is 1. The highest BCUT2D eigenvalue weighted by atomic mass is 16.5. The van der Waals surface area contributed by atoms with Gasteiger partial charge in [0.2, 0.25) is 0 Å². The summed E-state index contributed by atoms with van der Waals surface area (Å²) < 4.78 is 10.9. The van der Waals surface area contributed by atoms with Crippen molar-refractivity contribution in [2.45, 2.75) is 38.5 Å². The summed E-state index contributed by atoms with van der Waals surface area (Å²) in [6.45, 7) is 4.05. The van der Waals surface area contributed by atoms with Crippen LogP contribution in [0.2, 0.25) is 0 Å². The van der Waals surface area contributed by atoms with Crippen molar-refractivity contribution in [3.63, 3.8) is 0 Å². The molecule has 1 aliphatic carbocycles. The van der Waals surface area contributed by atoms with Crippen molar-refractivity contribution in [1.82, 2.24) is 5.16 Å². The highest BCUT2D eigenvalue weighted by Crippen LogP contribution is 2.48. The van der Waals surface area contributed by atoms with Gasteiger partial charge in [-0.15, -0.1) is 0 Å². The van der Waals surface area contributed by atoms with E-state index in [2.05, 4.69) is 16.5 Å². The zero-order valence-corrected chi connectivity index (χ0v) is 20.8. The number of anilines is 1. The Labute approximate surface area is 215 Å². The zero-order valence-electron chi connectivity index (χ0n) is 20.8. The molecule has 1 amide bonds. The number of hydrogen-bond acceptors (Lipinski definition) is 5. The van der Waals surface area contributed by atoms with Crippen LogP contribution in [0.4, 0.5) is 10.5 Å². The lowest BCUT2D eigenvalue weighted by atomic mass is 9.93. The molecular weight excluding hydrogens is 468 g/mol. The molecule has 2 N–H and O–H groups in total. The zero-order chi connectivity index (χ0) is 26.0. The van der Waals surface area contributed by atoms with Crippen LogP contribution in [0.3, 0.4) is 0 Å². The molecule has 0 atom stereocenters. The van der Waals surface area contributed by atoms with Crippen LogP contribution in [0, 0.1) is 13.8 Å². The highest BCUT2D eigenvalue weighted by Gasteiger charge is 2.51. The first kappa shape index (κ1) is 24.3. The van der Waals surface area contributed by atoms with Gasteiger partial charge in [0.15, 0.2) is 5.76 Å². The van der Waals surface area contributed by atoms with Crippen molar-refractivity contribution >= 4 is 17.7 Å². The molecule has 4 aromatic rings. The van der Waals surface area contributed by atoms with E-state index in [-0.39, 0.29) is 6.61 Å². The van der Waals surface area contributed by atoms with E-state index < -0.39 is 17.5 Å². The average Bonchev–Trinajstić information content (AvgIpc) is 3.64. The Hall–Kier alpha value is -4.39. The first-order valence-electron chi connectivity index (χ1n) is 12.3. The second-order valence-electron chi connectivity index (χ2n) is 9.51. The molecule has 3 aromatic carbocycles. The molecule has 5 rings (SSSR count). The fraction of sp³-hybridized carbons (Fsp3) is 0.233. The third-order valence-corrected chi connectivity index (χ3v) is 6.87. The van der Waals surface area contributed by atoms with Gasteiger partial charge in [-0.3, -0.25) is 10.1 Å². The number of ether oxygens (including phenoxy) is 1. The maximum atomic E-state index is 12.4. The van der Waals surface area contributed by atoms with Crippen LogP contribution >= 0.6 is 0 Å². The second kappa shape index (κ2) is 9.93. The van der Waals surface area contributed by atoms with E-state index in [4.69, 9.17) is 9.26 Å². The van der Waals surface area contributed by atoms with Gasteiger partial charge < -0.3 is 14.4 Å². The number of carbonyl (C=O) groups excluding carboxylic acids is 1. The van der Waals surface area contributed by atoms with Crippen LogP contribution in [-0.4, -0.2) is 28.9 Å². The van der Waals surface area contributed by atoms with Crippen molar-refractivity contribution in [1.29, 1.82) is 0 Å². The number of aromatic nitrogens is 1. The lowest BCUT2D eigenvalue weighted by Gasteiger charge is -2.11. The first-order valence-corrected chi connectivity index (χ1v) is 12.3. The fourth-order valence-electron chi connectivity index (χ4n) is 4.53. The third kappa shape index (κ3) is 5.11. The maximum absolute atomic E-state index is 12.4. The van der Waals surface area contributed by atoms with Gasteiger partial charge in [-0.2, -0.15) is 0 Å². The van der Waals surface area contributed by atoms with Crippen molar-refractivity contribution in [2.24, 2.45) is 0 Å².